The Balaban J connectivity index is 1.55. The summed E-state index contributed by atoms with van der Waals surface area (Å²) in [6.45, 7) is 11.1. The lowest BCUT2D eigenvalue weighted by atomic mass is 9.91. The average Bonchev–Trinajstić information content (AvgIpc) is 3.43. The maximum Gasteiger partial charge on any atom is 0.174 e. The Labute approximate surface area is 219 Å². The van der Waals surface area contributed by atoms with E-state index in [9.17, 15) is 0 Å². The van der Waals surface area contributed by atoms with Crippen molar-refractivity contribution in [1.82, 2.24) is 14.9 Å². The topological polar surface area (TPSA) is 36.3 Å². The predicted octanol–water partition coefficient (Wildman–Crippen LogP) is 6.78. The standard InChI is InChI=1S/C28H34ClN5S/c1-18(2)33-13-7-9-25(33)27-26(23-8-5-6-12-30-23)31-28(35)34(27)21-10-11-24(22(29)15-21)32-16-19(3)14-20(4)17-32/h5-13,15,18-20,26-27H,14,16-17H2,1-4H3,(H,31,35)/t19-,20+,26-,27+/m0/s1. The van der Waals surface area contributed by atoms with Gasteiger partial charge in [0.2, 0.25) is 0 Å². The molecule has 35 heavy (non-hydrogen) atoms. The van der Waals surface area contributed by atoms with Crippen molar-refractivity contribution in [2.45, 2.75) is 52.2 Å². The van der Waals surface area contributed by atoms with Gasteiger partial charge in [-0.3, -0.25) is 4.98 Å². The quantitative estimate of drug-likeness (QED) is 0.385. The van der Waals surface area contributed by atoms with Gasteiger partial charge in [-0.1, -0.05) is 31.5 Å². The SMILES string of the molecule is CC(C)n1cccc1[C@@H]1[C@H](c2ccccn2)NC(=S)N1c1ccc(N2C[C@H](C)C[C@H](C)C2)c(Cl)c1. The Bertz CT molecular complexity index is 1180. The molecule has 0 saturated carbocycles. The number of rotatable bonds is 5. The number of thiocarbonyl (C=S) groups is 1. The normalized spacial score (nSPS) is 24.8. The Hall–Kier alpha value is -2.57. The second-order valence-corrected chi connectivity index (χ2v) is 11.2. The number of benzene rings is 1. The number of piperidine rings is 1. The zero-order valence-electron chi connectivity index (χ0n) is 20.9. The van der Waals surface area contributed by atoms with E-state index < -0.39 is 0 Å². The number of hydrogen-bond donors (Lipinski definition) is 1. The fourth-order valence-corrected chi connectivity index (χ4v) is 6.46. The van der Waals surface area contributed by atoms with Crippen LogP contribution in [-0.4, -0.2) is 27.8 Å². The van der Waals surface area contributed by atoms with Crippen molar-refractivity contribution < 1.29 is 0 Å². The first kappa shape index (κ1) is 24.1. The van der Waals surface area contributed by atoms with Crippen LogP contribution < -0.4 is 15.1 Å². The molecule has 184 valence electrons. The van der Waals surface area contributed by atoms with Gasteiger partial charge in [0.25, 0.3) is 0 Å². The molecule has 0 spiro atoms. The smallest absolute Gasteiger partial charge is 0.174 e. The van der Waals surface area contributed by atoms with Crippen molar-refractivity contribution in [3.63, 3.8) is 0 Å². The van der Waals surface area contributed by atoms with Crippen LogP contribution in [0.4, 0.5) is 11.4 Å². The van der Waals surface area contributed by atoms with Gasteiger partial charge in [-0.2, -0.15) is 0 Å². The minimum Gasteiger partial charge on any atom is -0.370 e. The molecule has 0 unspecified atom stereocenters. The first-order valence-corrected chi connectivity index (χ1v) is 13.3. The molecule has 0 bridgehead atoms. The van der Waals surface area contributed by atoms with Crippen molar-refractivity contribution in [2.75, 3.05) is 22.9 Å². The van der Waals surface area contributed by atoms with Crippen LogP contribution in [0.5, 0.6) is 0 Å². The number of nitrogens with one attached hydrogen (secondary N) is 1. The fraction of sp³-hybridized carbons (Fsp3) is 0.429. The highest BCUT2D eigenvalue weighted by Crippen LogP contribution is 2.44. The van der Waals surface area contributed by atoms with E-state index in [0.717, 1.165) is 35.2 Å². The van der Waals surface area contributed by atoms with Crippen LogP contribution in [-0.2, 0) is 0 Å². The highest BCUT2D eigenvalue weighted by Gasteiger charge is 2.42. The van der Waals surface area contributed by atoms with E-state index in [1.54, 1.807) is 0 Å². The summed E-state index contributed by atoms with van der Waals surface area (Å²) in [5.41, 5.74) is 4.27. The first-order chi connectivity index (χ1) is 16.8. The second kappa shape index (κ2) is 9.82. The van der Waals surface area contributed by atoms with Crippen molar-refractivity contribution in [2.24, 2.45) is 11.8 Å². The van der Waals surface area contributed by atoms with Crippen LogP contribution in [0.1, 0.15) is 63.6 Å². The Morgan fingerprint density at radius 3 is 2.49 bits per heavy atom. The van der Waals surface area contributed by atoms with E-state index in [-0.39, 0.29) is 12.1 Å². The zero-order chi connectivity index (χ0) is 24.7. The average molecular weight is 508 g/mol. The van der Waals surface area contributed by atoms with Crippen LogP contribution >= 0.6 is 23.8 Å². The summed E-state index contributed by atoms with van der Waals surface area (Å²) >= 11 is 12.9. The molecule has 2 aliphatic heterocycles. The molecule has 4 atom stereocenters. The Kier molecular flexibility index (Phi) is 6.78. The van der Waals surface area contributed by atoms with E-state index >= 15 is 0 Å². The molecule has 4 heterocycles. The van der Waals surface area contributed by atoms with Gasteiger partial charge in [-0.05, 0) is 86.8 Å². The highest BCUT2D eigenvalue weighted by molar-refractivity contribution is 7.80. The predicted molar refractivity (Wildman–Crippen MR) is 149 cm³/mol. The summed E-state index contributed by atoms with van der Waals surface area (Å²) in [4.78, 5) is 9.32. The number of hydrogen-bond acceptors (Lipinski definition) is 3. The second-order valence-electron chi connectivity index (χ2n) is 10.4. The number of nitrogens with zero attached hydrogens (tertiary/aromatic N) is 4. The van der Waals surface area contributed by atoms with Gasteiger partial charge < -0.3 is 19.7 Å². The molecular weight excluding hydrogens is 474 g/mol. The molecule has 3 aromatic rings. The maximum atomic E-state index is 6.94. The molecule has 1 N–H and O–H groups in total. The zero-order valence-corrected chi connectivity index (χ0v) is 22.4. The summed E-state index contributed by atoms with van der Waals surface area (Å²) in [5.74, 6) is 1.33. The molecule has 0 radical (unpaired) electrons. The van der Waals surface area contributed by atoms with E-state index in [1.165, 1.54) is 12.1 Å². The maximum absolute atomic E-state index is 6.94. The molecule has 5 nitrogen and oxygen atoms in total. The molecule has 7 heteroatoms. The van der Waals surface area contributed by atoms with Crippen LogP contribution in [0.15, 0.2) is 60.9 Å². The summed E-state index contributed by atoms with van der Waals surface area (Å²) < 4.78 is 2.32. The molecule has 2 aliphatic rings. The third kappa shape index (κ3) is 4.66. The van der Waals surface area contributed by atoms with Crippen LogP contribution in [0.3, 0.4) is 0 Å². The highest BCUT2D eigenvalue weighted by atomic mass is 35.5. The van der Waals surface area contributed by atoms with E-state index in [2.05, 4.69) is 95.0 Å². The van der Waals surface area contributed by atoms with Gasteiger partial charge in [0.15, 0.2) is 5.11 Å². The molecule has 2 fully saturated rings. The van der Waals surface area contributed by atoms with Gasteiger partial charge in [0.05, 0.1) is 22.4 Å². The summed E-state index contributed by atoms with van der Waals surface area (Å²) in [5, 5.41) is 5.02. The molecule has 0 amide bonds. The fourth-order valence-electron chi connectivity index (χ4n) is 5.82. The largest absolute Gasteiger partial charge is 0.370 e. The number of aromatic nitrogens is 2. The van der Waals surface area contributed by atoms with E-state index in [4.69, 9.17) is 23.8 Å². The van der Waals surface area contributed by atoms with Crippen LogP contribution in [0.2, 0.25) is 5.02 Å². The minimum atomic E-state index is -0.0710. The van der Waals surface area contributed by atoms with Crippen LogP contribution in [0, 0.1) is 11.8 Å². The number of halogens is 1. The van der Waals surface area contributed by atoms with Crippen LogP contribution in [0.25, 0.3) is 0 Å². The lowest BCUT2D eigenvalue weighted by Gasteiger charge is -2.37. The van der Waals surface area contributed by atoms with Crippen molar-refractivity contribution >= 4 is 40.3 Å². The van der Waals surface area contributed by atoms with E-state index in [1.807, 2.05) is 18.3 Å². The summed E-state index contributed by atoms with van der Waals surface area (Å²) in [6.07, 6.45) is 5.25. The Morgan fingerprint density at radius 2 is 1.83 bits per heavy atom. The molecule has 1 aromatic carbocycles. The third-order valence-electron chi connectivity index (χ3n) is 7.19. The van der Waals surface area contributed by atoms with Gasteiger partial charge in [-0.25, -0.2) is 0 Å². The Morgan fingerprint density at radius 1 is 1.06 bits per heavy atom. The van der Waals surface area contributed by atoms with Gasteiger partial charge in [0.1, 0.15) is 6.04 Å². The lowest BCUT2D eigenvalue weighted by Crippen LogP contribution is -2.38. The number of anilines is 2. The van der Waals surface area contributed by atoms with Crippen molar-refractivity contribution in [3.8, 4) is 0 Å². The summed E-state index contributed by atoms with van der Waals surface area (Å²) in [6, 6.07) is 16.9. The molecular formula is C28H34ClN5S. The molecule has 5 rings (SSSR count). The van der Waals surface area contributed by atoms with E-state index in [0.29, 0.717) is 23.0 Å². The van der Waals surface area contributed by atoms with Gasteiger partial charge >= 0.3 is 0 Å². The lowest BCUT2D eigenvalue weighted by molar-refractivity contribution is 0.357. The third-order valence-corrected chi connectivity index (χ3v) is 7.81. The molecule has 2 saturated heterocycles. The monoisotopic (exact) mass is 507 g/mol. The summed E-state index contributed by atoms with van der Waals surface area (Å²) in [7, 11) is 0. The molecule has 0 aliphatic carbocycles. The van der Waals surface area contributed by atoms with Crippen molar-refractivity contribution in [3.05, 3.63) is 77.3 Å². The minimum absolute atomic E-state index is 0.0493. The van der Waals surface area contributed by atoms with Gasteiger partial charge in [-0.15, -0.1) is 0 Å². The molecule has 2 aromatic heterocycles. The van der Waals surface area contributed by atoms with Gasteiger partial charge in [0, 0.05) is 42.9 Å². The number of pyridine rings is 1. The first-order valence-electron chi connectivity index (χ1n) is 12.6. The van der Waals surface area contributed by atoms with Crippen molar-refractivity contribution in [1.29, 1.82) is 0 Å².